The minimum Gasteiger partial charge on any atom is -0.298 e. The van der Waals surface area contributed by atoms with Gasteiger partial charge in [-0.05, 0) is 35.0 Å². The van der Waals surface area contributed by atoms with E-state index in [2.05, 4.69) is 31.0 Å². The maximum atomic E-state index is 11.3. The Labute approximate surface area is 129 Å². The van der Waals surface area contributed by atoms with Crippen LogP contribution in [-0.2, 0) is 0 Å². The van der Waals surface area contributed by atoms with E-state index in [1.54, 1.807) is 23.3 Å². The molecule has 6 heteroatoms. The SMILES string of the molecule is Cc1nccnc1-c1nn(-c2ccccc2Br)cc1C=O. The van der Waals surface area contributed by atoms with Gasteiger partial charge in [0.15, 0.2) is 6.29 Å². The standard InChI is InChI=1S/C15H11BrN4O/c1-10-14(18-7-6-17-10)15-11(9-21)8-20(19-15)13-5-3-2-4-12(13)16/h2-9H,1H3. The molecule has 2 heterocycles. The monoisotopic (exact) mass is 342 g/mol. The minimum absolute atomic E-state index is 0.481. The first kappa shape index (κ1) is 13.6. The molecule has 0 amide bonds. The first-order chi connectivity index (χ1) is 10.2. The molecule has 0 bridgehead atoms. The van der Waals surface area contributed by atoms with Gasteiger partial charge in [-0.25, -0.2) is 4.68 Å². The van der Waals surface area contributed by atoms with E-state index in [-0.39, 0.29) is 0 Å². The highest BCUT2D eigenvalue weighted by molar-refractivity contribution is 9.10. The topological polar surface area (TPSA) is 60.7 Å². The smallest absolute Gasteiger partial charge is 0.153 e. The molecule has 2 aromatic heterocycles. The first-order valence-electron chi connectivity index (χ1n) is 6.28. The summed E-state index contributed by atoms with van der Waals surface area (Å²) in [7, 11) is 0. The number of rotatable bonds is 3. The van der Waals surface area contributed by atoms with E-state index < -0.39 is 0 Å². The van der Waals surface area contributed by atoms with Crippen molar-refractivity contribution in [3.8, 4) is 17.1 Å². The van der Waals surface area contributed by atoms with Crippen molar-refractivity contribution in [3.63, 3.8) is 0 Å². The van der Waals surface area contributed by atoms with Gasteiger partial charge in [0.05, 0.1) is 16.9 Å². The number of carbonyl (C=O) groups is 1. The van der Waals surface area contributed by atoms with Crippen molar-refractivity contribution in [2.45, 2.75) is 6.92 Å². The van der Waals surface area contributed by atoms with Crippen LogP contribution in [-0.4, -0.2) is 26.0 Å². The fourth-order valence-electron chi connectivity index (χ4n) is 2.06. The van der Waals surface area contributed by atoms with Crippen molar-refractivity contribution in [1.29, 1.82) is 0 Å². The third kappa shape index (κ3) is 2.50. The van der Waals surface area contributed by atoms with Crippen molar-refractivity contribution in [3.05, 3.63) is 58.6 Å². The quantitative estimate of drug-likeness (QED) is 0.685. The molecule has 0 radical (unpaired) electrons. The summed E-state index contributed by atoms with van der Waals surface area (Å²) in [6.45, 7) is 1.84. The fourth-order valence-corrected chi connectivity index (χ4v) is 2.52. The van der Waals surface area contributed by atoms with E-state index in [1.807, 2.05) is 31.2 Å². The van der Waals surface area contributed by atoms with Crippen molar-refractivity contribution < 1.29 is 4.79 Å². The van der Waals surface area contributed by atoms with Gasteiger partial charge >= 0.3 is 0 Å². The van der Waals surface area contributed by atoms with Crippen LogP contribution in [0.25, 0.3) is 17.1 Å². The molecule has 0 atom stereocenters. The van der Waals surface area contributed by atoms with E-state index in [9.17, 15) is 4.79 Å². The van der Waals surface area contributed by atoms with Gasteiger partial charge in [0.2, 0.25) is 0 Å². The van der Waals surface area contributed by atoms with Crippen LogP contribution in [0.5, 0.6) is 0 Å². The maximum Gasteiger partial charge on any atom is 0.153 e. The molecule has 0 saturated carbocycles. The number of hydrogen-bond acceptors (Lipinski definition) is 4. The van der Waals surface area contributed by atoms with Crippen molar-refractivity contribution in [2.24, 2.45) is 0 Å². The Balaban J connectivity index is 2.18. The van der Waals surface area contributed by atoms with Crippen molar-refractivity contribution in [1.82, 2.24) is 19.7 Å². The summed E-state index contributed by atoms with van der Waals surface area (Å²) in [5, 5.41) is 4.50. The molecule has 0 spiro atoms. The third-order valence-electron chi connectivity index (χ3n) is 3.07. The molecule has 0 fully saturated rings. The summed E-state index contributed by atoms with van der Waals surface area (Å²) in [6.07, 6.45) is 5.68. The molecule has 104 valence electrons. The Hall–Kier alpha value is -2.34. The van der Waals surface area contributed by atoms with E-state index >= 15 is 0 Å². The normalized spacial score (nSPS) is 10.6. The number of benzene rings is 1. The summed E-state index contributed by atoms with van der Waals surface area (Å²) in [6, 6.07) is 7.67. The number of aryl methyl sites for hydroxylation is 1. The van der Waals surface area contributed by atoms with Gasteiger partial charge in [-0.15, -0.1) is 0 Å². The maximum absolute atomic E-state index is 11.3. The van der Waals surface area contributed by atoms with Crippen LogP contribution in [0.15, 0.2) is 47.3 Å². The molecule has 0 unspecified atom stereocenters. The Morgan fingerprint density at radius 3 is 2.62 bits per heavy atom. The number of hydrogen-bond donors (Lipinski definition) is 0. The van der Waals surface area contributed by atoms with Crippen LogP contribution in [0.4, 0.5) is 0 Å². The predicted octanol–water partition coefficient (Wildman–Crippen LogP) is 3.21. The Morgan fingerprint density at radius 2 is 1.90 bits per heavy atom. The fraction of sp³-hybridized carbons (Fsp3) is 0.0667. The highest BCUT2D eigenvalue weighted by Crippen LogP contribution is 2.25. The second-order valence-corrected chi connectivity index (χ2v) is 5.29. The van der Waals surface area contributed by atoms with Crippen LogP contribution in [0.2, 0.25) is 0 Å². The van der Waals surface area contributed by atoms with E-state index in [0.717, 1.165) is 22.1 Å². The number of halogens is 1. The zero-order valence-corrected chi connectivity index (χ0v) is 12.8. The van der Waals surface area contributed by atoms with Gasteiger partial charge in [0.1, 0.15) is 11.4 Å². The number of para-hydroxylation sites is 1. The van der Waals surface area contributed by atoms with Crippen molar-refractivity contribution >= 4 is 22.2 Å². The molecule has 1 aromatic carbocycles. The molecule has 3 rings (SSSR count). The second kappa shape index (κ2) is 5.57. The summed E-state index contributed by atoms with van der Waals surface area (Å²) >= 11 is 3.48. The molecule has 5 nitrogen and oxygen atoms in total. The van der Waals surface area contributed by atoms with Gasteiger partial charge < -0.3 is 0 Å². The van der Waals surface area contributed by atoms with Crippen LogP contribution in [0.3, 0.4) is 0 Å². The highest BCUT2D eigenvalue weighted by Gasteiger charge is 2.16. The average Bonchev–Trinajstić information content (AvgIpc) is 2.92. The van der Waals surface area contributed by atoms with Gasteiger partial charge in [-0.3, -0.25) is 14.8 Å². The Morgan fingerprint density at radius 1 is 1.14 bits per heavy atom. The lowest BCUT2D eigenvalue weighted by atomic mass is 10.2. The zero-order valence-electron chi connectivity index (χ0n) is 11.2. The number of nitrogens with zero attached hydrogens (tertiary/aromatic N) is 4. The third-order valence-corrected chi connectivity index (χ3v) is 3.74. The van der Waals surface area contributed by atoms with E-state index in [4.69, 9.17) is 0 Å². The predicted molar refractivity (Wildman–Crippen MR) is 82.4 cm³/mol. The van der Waals surface area contributed by atoms with Crippen LogP contribution in [0.1, 0.15) is 16.1 Å². The molecule has 0 aliphatic rings. The molecule has 0 aliphatic heterocycles. The number of aldehydes is 1. The first-order valence-corrected chi connectivity index (χ1v) is 7.07. The van der Waals surface area contributed by atoms with Gasteiger partial charge in [0, 0.05) is 23.1 Å². The molecule has 3 aromatic rings. The Kier molecular flexibility index (Phi) is 3.62. The lowest BCUT2D eigenvalue weighted by Crippen LogP contribution is -1.97. The molecular weight excluding hydrogens is 332 g/mol. The summed E-state index contributed by atoms with van der Waals surface area (Å²) in [5.41, 5.74) is 3.22. The number of carbonyl (C=O) groups excluding carboxylic acids is 1. The lowest BCUT2D eigenvalue weighted by molar-refractivity contribution is 0.112. The average molecular weight is 343 g/mol. The van der Waals surface area contributed by atoms with Crippen molar-refractivity contribution in [2.75, 3.05) is 0 Å². The lowest BCUT2D eigenvalue weighted by Gasteiger charge is -2.03. The van der Waals surface area contributed by atoms with Gasteiger partial charge in [-0.1, -0.05) is 12.1 Å². The van der Waals surface area contributed by atoms with E-state index in [0.29, 0.717) is 17.0 Å². The minimum atomic E-state index is 0.481. The zero-order chi connectivity index (χ0) is 14.8. The highest BCUT2D eigenvalue weighted by atomic mass is 79.9. The Bertz CT molecular complexity index is 813. The summed E-state index contributed by atoms with van der Waals surface area (Å²) in [5.74, 6) is 0. The van der Waals surface area contributed by atoms with Crippen LogP contribution in [0, 0.1) is 6.92 Å². The molecular formula is C15H11BrN4O. The second-order valence-electron chi connectivity index (χ2n) is 4.44. The van der Waals surface area contributed by atoms with Crippen LogP contribution < -0.4 is 0 Å². The van der Waals surface area contributed by atoms with E-state index in [1.165, 1.54) is 0 Å². The number of aromatic nitrogens is 4. The van der Waals surface area contributed by atoms with Gasteiger partial charge in [-0.2, -0.15) is 5.10 Å². The van der Waals surface area contributed by atoms with Gasteiger partial charge in [0.25, 0.3) is 0 Å². The largest absolute Gasteiger partial charge is 0.298 e. The molecule has 0 aliphatic carbocycles. The summed E-state index contributed by atoms with van der Waals surface area (Å²) in [4.78, 5) is 19.8. The molecule has 21 heavy (non-hydrogen) atoms. The molecule has 0 N–H and O–H groups in total. The summed E-state index contributed by atoms with van der Waals surface area (Å²) < 4.78 is 2.56. The van der Waals surface area contributed by atoms with Crippen LogP contribution >= 0.6 is 15.9 Å². The molecule has 0 saturated heterocycles.